The van der Waals surface area contributed by atoms with E-state index in [0.29, 0.717) is 12.6 Å². The lowest BCUT2D eigenvalue weighted by molar-refractivity contribution is 0.146. The third-order valence-corrected chi connectivity index (χ3v) is 5.75. The summed E-state index contributed by atoms with van der Waals surface area (Å²) in [5.41, 5.74) is 1.23. The highest BCUT2D eigenvalue weighted by molar-refractivity contribution is 7.07. The number of carbonyl (C=O) groups excluding carboxylic acids is 1. The molecule has 25 heavy (non-hydrogen) atoms. The van der Waals surface area contributed by atoms with Crippen LogP contribution in [0.25, 0.3) is 0 Å². The molecule has 2 aromatic rings. The van der Waals surface area contributed by atoms with Gasteiger partial charge in [0.1, 0.15) is 0 Å². The molecular formula is C19H28N4OS. The molecule has 0 radical (unpaired) electrons. The molecule has 0 unspecified atom stereocenters. The highest BCUT2D eigenvalue weighted by Gasteiger charge is 2.27. The summed E-state index contributed by atoms with van der Waals surface area (Å²) in [5, 5.41) is 7.48. The van der Waals surface area contributed by atoms with Crippen molar-refractivity contribution in [3.63, 3.8) is 0 Å². The Labute approximate surface area is 154 Å². The Morgan fingerprint density at radius 2 is 2.28 bits per heavy atom. The average Bonchev–Trinajstić information content (AvgIpc) is 3.33. The lowest BCUT2D eigenvalue weighted by Crippen LogP contribution is -2.50. The molecule has 1 saturated carbocycles. The van der Waals surface area contributed by atoms with Gasteiger partial charge in [0.25, 0.3) is 0 Å². The number of urea groups is 1. The lowest BCUT2D eigenvalue weighted by Gasteiger charge is -2.35. The molecule has 2 aromatic heterocycles. The summed E-state index contributed by atoms with van der Waals surface area (Å²) in [4.78, 5) is 19.2. The minimum absolute atomic E-state index is 0.0741. The third kappa shape index (κ3) is 5.08. The first-order chi connectivity index (χ1) is 12.3. The van der Waals surface area contributed by atoms with Crippen LogP contribution in [0.5, 0.6) is 0 Å². The number of nitrogens with zero attached hydrogens (tertiary/aromatic N) is 3. The molecule has 1 aliphatic carbocycles. The Kier molecular flexibility index (Phi) is 6.50. The van der Waals surface area contributed by atoms with Gasteiger partial charge in [0.15, 0.2) is 0 Å². The van der Waals surface area contributed by atoms with Crippen molar-refractivity contribution in [2.75, 3.05) is 0 Å². The van der Waals surface area contributed by atoms with E-state index < -0.39 is 0 Å². The van der Waals surface area contributed by atoms with E-state index in [9.17, 15) is 4.79 Å². The fraction of sp³-hybridized carbons (Fsp3) is 0.579. The van der Waals surface area contributed by atoms with Crippen LogP contribution >= 0.6 is 11.3 Å². The predicted molar refractivity (Wildman–Crippen MR) is 102 cm³/mol. The molecule has 0 aromatic carbocycles. The molecule has 1 atom stereocenters. The number of hydrogen-bond donors (Lipinski definition) is 1. The zero-order valence-corrected chi connectivity index (χ0v) is 15.8. The standard InChI is InChI=1S/C19H28N4OS/c1-2-17(13-22-10-9-20-15-22)21-19(24)23(12-16-8-11-25-14-16)18-6-4-3-5-7-18/h8-11,14-15,17-18H,2-7,12-13H2,1H3,(H,21,24)/t17-/m1/s1. The highest BCUT2D eigenvalue weighted by atomic mass is 32.1. The topological polar surface area (TPSA) is 50.2 Å². The van der Waals surface area contributed by atoms with Crippen molar-refractivity contribution >= 4 is 17.4 Å². The minimum atomic E-state index is 0.0741. The molecule has 2 amide bonds. The normalized spacial score (nSPS) is 16.5. The van der Waals surface area contributed by atoms with Crippen LogP contribution in [0, 0.1) is 0 Å². The molecule has 0 aliphatic heterocycles. The SMILES string of the molecule is CC[C@H](Cn1ccnc1)NC(=O)N(Cc1ccsc1)C1CCCCC1. The summed E-state index contributed by atoms with van der Waals surface area (Å²) in [6.07, 6.45) is 12.4. The van der Waals surface area contributed by atoms with E-state index in [0.717, 1.165) is 25.8 Å². The van der Waals surface area contributed by atoms with Crippen molar-refractivity contribution in [2.45, 2.75) is 70.6 Å². The van der Waals surface area contributed by atoms with Crippen molar-refractivity contribution in [1.29, 1.82) is 0 Å². The average molecular weight is 361 g/mol. The van der Waals surface area contributed by atoms with Gasteiger partial charge >= 0.3 is 6.03 Å². The van der Waals surface area contributed by atoms with Gasteiger partial charge in [-0.25, -0.2) is 9.78 Å². The molecule has 5 nitrogen and oxygen atoms in total. The summed E-state index contributed by atoms with van der Waals surface area (Å²) in [5.74, 6) is 0. The molecule has 6 heteroatoms. The van der Waals surface area contributed by atoms with E-state index >= 15 is 0 Å². The second-order valence-electron chi connectivity index (χ2n) is 6.87. The Morgan fingerprint density at radius 3 is 2.92 bits per heavy atom. The van der Waals surface area contributed by atoms with Gasteiger partial charge < -0.3 is 14.8 Å². The van der Waals surface area contributed by atoms with E-state index in [1.165, 1.54) is 24.8 Å². The maximum absolute atomic E-state index is 13.1. The maximum Gasteiger partial charge on any atom is 0.318 e. The van der Waals surface area contributed by atoms with Crippen LogP contribution < -0.4 is 5.32 Å². The van der Waals surface area contributed by atoms with E-state index in [-0.39, 0.29) is 12.1 Å². The fourth-order valence-electron chi connectivity index (χ4n) is 3.52. The Bertz CT molecular complexity index is 620. The Morgan fingerprint density at radius 1 is 1.44 bits per heavy atom. The van der Waals surface area contributed by atoms with Crippen molar-refractivity contribution in [1.82, 2.24) is 19.8 Å². The number of nitrogens with one attached hydrogen (secondary N) is 1. The number of amides is 2. The molecule has 1 N–H and O–H groups in total. The molecule has 0 spiro atoms. The van der Waals surface area contributed by atoms with Crippen LogP contribution in [0.1, 0.15) is 51.0 Å². The summed E-state index contributed by atoms with van der Waals surface area (Å²) in [6, 6.07) is 2.68. The van der Waals surface area contributed by atoms with Crippen molar-refractivity contribution in [3.05, 3.63) is 41.1 Å². The molecule has 0 saturated heterocycles. The second kappa shape index (κ2) is 9.04. The molecule has 136 valence electrons. The minimum Gasteiger partial charge on any atom is -0.335 e. The fourth-order valence-corrected chi connectivity index (χ4v) is 4.18. The molecule has 3 rings (SSSR count). The molecule has 1 aliphatic rings. The van der Waals surface area contributed by atoms with E-state index in [1.54, 1.807) is 23.9 Å². The van der Waals surface area contributed by atoms with Crippen LogP contribution in [-0.4, -0.2) is 32.6 Å². The summed E-state index contributed by atoms with van der Waals surface area (Å²) in [7, 11) is 0. The largest absolute Gasteiger partial charge is 0.335 e. The zero-order valence-electron chi connectivity index (χ0n) is 14.9. The predicted octanol–water partition coefficient (Wildman–Crippen LogP) is 4.27. The van der Waals surface area contributed by atoms with Crippen LogP contribution in [0.3, 0.4) is 0 Å². The Balaban J connectivity index is 1.66. The van der Waals surface area contributed by atoms with Gasteiger partial charge in [0.05, 0.1) is 6.33 Å². The van der Waals surface area contributed by atoms with Crippen LogP contribution in [-0.2, 0) is 13.1 Å². The molecular weight excluding hydrogens is 332 g/mol. The molecule has 1 fully saturated rings. The van der Waals surface area contributed by atoms with E-state index in [2.05, 4.69) is 39.0 Å². The van der Waals surface area contributed by atoms with Crippen molar-refractivity contribution in [3.8, 4) is 0 Å². The smallest absolute Gasteiger partial charge is 0.318 e. The zero-order chi connectivity index (χ0) is 17.5. The van der Waals surface area contributed by atoms with Gasteiger partial charge in [-0.05, 0) is 41.7 Å². The number of imidazole rings is 1. The van der Waals surface area contributed by atoms with Crippen LogP contribution in [0.2, 0.25) is 0 Å². The summed E-state index contributed by atoms with van der Waals surface area (Å²) in [6.45, 7) is 3.59. The number of thiophene rings is 1. The van der Waals surface area contributed by atoms with E-state index in [4.69, 9.17) is 0 Å². The number of hydrogen-bond acceptors (Lipinski definition) is 3. The van der Waals surface area contributed by atoms with Gasteiger partial charge in [-0.1, -0.05) is 26.2 Å². The van der Waals surface area contributed by atoms with Gasteiger partial charge in [0, 0.05) is 37.6 Å². The first kappa shape index (κ1) is 18.0. The number of rotatable bonds is 7. The van der Waals surface area contributed by atoms with Crippen LogP contribution in [0.4, 0.5) is 4.79 Å². The third-order valence-electron chi connectivity index (χ3n) is 5.02. The Hall–Kier alpha value is -1.82. The number of carbonyl (C=O) groups is 1. The first-order valence-corrected chi connectivity index (χ1v) is 10.2. The van der Waals surface area contributed by atoms with Gasteiger partial charge in [0.2, 0.25) is 0 Å². The quantitative estimate of drug-likeness (QED) is 0.802. The molecule has 2 heterocycles. The number of aromatic nitrogens is 2. The summed E-state index contributed by atoms with van der Waals surface area (Å²) >= 11 is 1.69. The van der Waals surface area contributed by atoms with Gasteiger partial charge in [-0.15, -0.1) is 0 Å². The highest BCUT2D eigenvalue weighted by Crippen LogP contribution is 2.25. The second-order valence-corrected chi connectivity index (χ2v) is 7.65. The van der Waals surface area contributed by atoms with Gasteiger partial charge in [-0.3, -0.25) is 0 Å². The van der Waals surface area contributed by atoms with E-state index in [1.807, 2.05) is 10.8 Å². The van der Waals surface area contributed by atoms with Crippen molar-refractivity contribution in [2.24, 2.45) is 0 Å². The van der Waals surface area contributed by atoms with Gasteiger partial charge in [-0.2, -0.15) is 11.3 Å². The first-order valence-electron chi connectivity index (χ1n) is 9.30. The molecule has 0 bridgehead atoms. The monoisotopic (exact) mass is 360 g/mol. The maximum atomic E-state index is 13.1. The van der Waals surface area contributed by atoms with Crippen LogP contribution in [0.15, 0.2) is 35.5 Å². The summed E-state index contributed by atoms with van der Waals surface area (Å²) < 4.78 is 2.03. The lowest BCUT2D eigenvalue weighted by atomic mass is 9.94. The van der Waals surface area contributed by atoms with Crippen molar-refractivity contribution < 1.29 is 4.79 Å².